The van der Waals surface area contributed by atoms with E-state index in [9.17, 15) is 14.0 Å². The van der Waals surface area contributed by atoms with Crippen LogP contribution in [-0.4, -0.2) is 36.3 Å². The Bertz CT molecular complexity index is 865. The van der Waals surface area contributed by atoms with Crippen LogP contribution in [0.15, 0.2) is 48.5 Å². The second kappa shape index (κ2) is 9.21. The van der Waals surface area contributed by atoms with Crippen molar-refractivity contribution in [2.75, 3.05) is 19.6 Å². The molecule has 2 aromatic rings. The summed E-state index contributed by atoms with van der Waals surface area (Å²) in [5.74, 6) is -0.153. The fraction of sp³-hybridized carbons (Fsp3) is 0.417. The Hall–Kier alpha value is -2.69. The number of amides is 2. The third kappa shape index (κ3) is 4.66. The van der Waals surface area contributed by atoms with Gasteiger partial charge in [-0.2, -0.15) is 0 Å². The van der Waals surface area contributed by atoms with Gasteiger partial charge in [-0.25, -0.2) is 4.39 Å². The van der Waals surface area contributed by atoms with Gasteiger partial charge in [-0.05, 0) is 43.4 Å². The number of piperidine rings is 1. The fourth-order valence-electron chi connectivity index (χ4n) is 4.21. The molecule has 29 heavy (non-hydrogen) atoms. The van der Waals surface area contributed by atoms with Crippen LogP contribution in [0.4, 0.5) is 4.39 Å². The fourth-order valence-corrected chi connectivity index (χ4v) is 4.21. The van der Waals surface area contributed by atoms with Gasteiger partial charge in [-0.3, -0.25) is 9.59 Å². The molecule has 0 radical (unpaired) electrons. The Kier molecular flexibility index (Phi) is 6.68. The lowest BCUT2D eigenvalue weighted by molar-refractivity contribution is -0.141. The van der Waals surface area contributed by atoms with Gasteiger partial charge in [0.05, 0.1) is 5.41 Å². The zero-order valence-corrected chi connectivity index (χ0v) is 17.2. The van der Waals surface area contributed by atoms with E-state index in [1.165, 1.54) is 6.07 Å². The Balaban J connectivity index is 1.85. The van der Waals surface area contributed by atoms with Crippen molar-refractivity contribution < 1.29 is 14.0 Å². The summed E-state index contributed by atoms with van der Waals surface area (Å²) in [5.41, 5.74) is 1.76. The summed E-state index contributed by atoms with van der Waals surface area (Å²) in [6, 6.07) is 14.4. The SMILES string of the molecule is CCNC(=O)[C@@]1(Cc2ccc(-c3ccccc3F)cc2)CCCN(C(=O)CC)C1. The van der Waals surface area contributed by atoms with Gasteiger partial charge in [0.25, 0.3) is 0 Å². The van der Waals surface area contributed by atoms with Crippen LogP contribution in [0.3, 0.4) is 0 Å². The van der Waals surface area contributed by atoms with Crippen LogP contribution in [0, 0.1) is 11.2 Å². The van der Waals surface area contributed by atoms with Gasteiger partial charge in [-0.15, -0.1) is 0 Å². The maximum atomic E-state index is 14.1. The van der Waals surface area contributed by atoms with Gasteiger partial charge in [0.1, 0.15) is 5.82 Å². The van der Waals surface area contributed by atoms with Gasteiger partial charge < -0.3 is 10.2 Å². The molecule has 2 aromatic carbocycles. The molecule has 0 bridgehead atoms. The number of rotatable bonds is 6. The van der Waals surface area contributed by atoms with Crippen LogP contribution in [0.1, 0.15) is 38.7 Å². The van der Waals surface area contributed by atoms with E-state index in [1.807, 2.05) is 49.1 Å². The lowest BCUT2D eigenvalue weighted by Crippen LogP contribution is -2.54. The van der Waals surface area contributed by atoms with Crippen molar-refractivity contribution >= 4 is 11.8 Å². The molecule has 4 nitrogen and oxygen atoms in total. The van der Waals surface area contributed by atoms with Gasteiger partial charge in [0.2, 0.25) is 11.8 Å². The third-order valence-corrected chi connectivity index (χ3v) is 5.73. The minimum Gasteiger partial charge on any atom is -0.356 e. The number of carbonyl (C=O) groups excluding carboxylic acids is 2. The van der Waals surface area contributed by atoms with Crippen molar-refractivity contribution in [1.29, 1.82) is 0 Å². The Morgan fingerprint density at radius 1 is 1.10 bits per heavy atom. The van der Waals surface area contributed by atoms with Gasteiger partial charge in [-0.1, -0.05) is 49.4 Å². The summed E-state index contributed by atoms with van der Waals surface area (Å²) in [6.07, 6.45) is 2.57. The molecule has 1 fully saturated rings. The number of nitrogens with one attached hydrogen (secondary N) is 1. The Labute approximate surface area is 172 Å². The molecular formula is C24H29FN2O2. The van der Waals surface area contributed by atoms with E-state index >= 15 is 0 Å². The predicted molar refractivity (Wildman–Crippen MR) is 113 cm³/mol. The van der Waals surface area contributed by atoms with Crippen LogP contribution < -0.4 is 5.32 Å². The molecular weight excluding hydrogens is 367 g/mol. The molecule has 154 valence electrons. The van der Waals surface area contributed by atoms with Crippen LogP contribution in [0.2, 0.25) is 0 Å². The number of halogens is 1. The summed E-state index contributed by atoms with van der Waals surface area (Å²) in [4.78, 5) is 27.1. The topological polar surface area (TPSA) is 49.4 Å². The first-order chi connectivity index (χ1) is 14.0. The van der Waals surface area contributed by atoms with E-state index in [-0.39, 0.29) is 17.6 Å². The molecule has 2 amide bonds. The van der Waals surface area contributed by atoms with E-state index < -0.39 is 5.41 Å². The number of likely N-dealkylation sites (tertiary alicyclic amines) is 1. The summed E-state index contributed by atoms with van der Waals surface area (Å²) in [7, 11) is 0. The van der Waals surface area contributed by atoms with E-state index in [0.29, 0.717) is 38.0 Å². The lowest BCUT2D eigenvalue weighted by atomic mass is 9.74. The number of hydrogen-bond acceptors (Lipinski definition) is 2. The molecule has 0 spiro atoms. The molecule has 0 unspecified atom stereocenters. The average molecular weight is 397 g/mol. The van der Waals surface area contributed by atoms with Gasteiger partial charge >= 0.3 is 0 Å². The second-order valence-corrected chi connectivity index (χ2v) is 7.77. The zero-order valence-electron chi connectivity index (χ0n) is 17.2. The minimum atomic E-state index is -0.626. The number of hydrogen-bond donors (Lipinski definition) is 1. The Morgan fingerprint density at radius 2 is 1.83 bits per heavy atom. The highest BCUT2D eigenvalue weighted by Crippen LogP contribution is 2.35. The Morgan fingerprint density at radius 3 is 2.48 bits per heavy atom. The quantitative estimate of drug-likeness (QED) is 0.796. The normalized spacial score (nSPS) is 19.1. The molecule has 1 N–H and O–H groups in total. The smallest absolute Gasteiger partial charge is 0.228 e. The molecule has 1 aliphatic rings. The van der Waals surface area contributed by atoms with E-state index in [4.69, 9.17) is 0 Å². The zero-order chi connectivity index (χ0) is 20.9. The van der Waals surface area contributed by atoms with Crippen molar-refractivity contribution in [3.05, 3.63) is 59.9 Å². The van der Waals surface area contributed by atoms with E-state index in [0.717, 1.165) is 24.0 Å². The molecule has 1 saturated heterocycles. The van der Waals surface area contributed by atoms with Crippen LogP contribution >= 0.6 is 0 Å². The van der Waals surface area contributed by atoms with Crippen LogP contribution in [0.25, 0.3) is 11.1 Å². The second-order valence-electron chi connectivity index (χ2n) is 7.77. The number of nitrogens with zero attached hydrogens (tertiary/aromatic N) is 1. The summed E-state index contributed by atoms with van der Waals surface area (Å²) in [5, 5.41) is 2.97. The van der Waals surface area contributed by atoms with Gasteiger partial charge in [0, 0.05) is 31.6 Å². The highest BCUT2D eigenvalue weighted by atomic mass is 19.1. The first-order valence-electron chi connectivity index (χ1n) is 10.4. The van der Waals surface area contributed by atoms with Crippen molar-refractivity contribution in [2.24, 2.45) is 5.41 Å². The molecule has 5 heteroatoms. The molecule has 3 rings (SSSR count). The van der Waals surface area contributed by atoms with Gasteiger partial charge in [0.15, 0.2) is 0 Å². The van der Waals surface area contributed by atoms with E-state index in [2.05, 4.69) is 5.32 Å². The lowest BCUT2D eigenvalue weighted by Gasteiger charge is -2.42. The molecule has 1 atom stereocenters. The van der Waals surface area contributed by atoms with Crippen LogP contribution in [0.5, 0.6) is 0 Å². The number of benzene rings is 2. The average Bonchev–Trinajstić information content (AvgIpc) is 2.74. The monoisotopic (exact) mass is 396 g/mol. The molecule has 0 aliphatic carbocycles. The standard InChI is InChI=1S/C24H29FN2O2/c1-3-22(28)27-15-7-14-24(17-27,23(29)26-4-2)16-18-10-12-19(13-11-18)20-8-5-6-9-21(20)25/h5-6,8-13H,3-4,7,14-17H2,1-2H3,(H,26,29)/t24-/m1/s1. The highest BCUT2D eigenvalue weighted by Gasteiger charge is 2.43. The summed E-state index contributed by atoms with van der Waals surface area (Å²) >= 11 is 0. The highest BCUT2D eigenvalue weighted by molar-refractivity contribution is 5.85. The molecule has 0 aromatic heterocycles. The maximum absolute atomic E-state index is 14.1. The minimum absolute atomic E-state index is 0.00628. The largest absolute Gasteiger partial charge is 0.356 e. The predicted octanol–water partition coefficient (Wildman–Crippen LogP) is 4.19. The van der Waals surface area contributed by atoms with E-state index in [1.54, 1.807) is 12.1 Å². The number of carbonyl (C=O) groups is 2. The maximum Gasteiger partial charge on any atom is 0.228 e. The summed E-state index contributed by atoms with van der Waals surface area (Å²) < 4.78 is 14.1. The molecule has 1 heterocycles. The molecule has 1 aliphatic heterocycles. The first-order valence-corrected chi connectivity index (χ1v) is 10.4. The van der Waals surface area contributed by atoms with Crippen molar-refractivity contribution in [3.8, 4) is 11.1 Å². The third-order valence-electron chi connectivity index (χ3n) is 5.73. The van der Waals surface area contributed by atoms with Crippen molar-refractivity contribution in [3.63, 3.8) is 0 Å². The van der Waals surface area contributed by atoms with Crippen molar-refractivity contribution in [1.82, 2.24) is 10.2 Å². The summed E-state index contributed by atoms with van der Waals surface area (Å²) in [6.45, 7) is 5.48. The van der Waals surface area contributed by atoms with Crippen LogP contribution in [-0.2, 0) is 16.0 Å². The van der Waals surface area contributed by atoms with Crippen molar-refractivity contribution in [2.45, 2.75) is 39.5 Å². The molecule has 0 saturated carbocycles. The first kappa shape index (κ1) is 21.0.